The maximum absolute atomic E-state index is 11.3. The monoisotopic (exact) mass is 214 g/mol. The summed E-state index contributed by atoms with van der Waals surface area (Å²) in [5, 5.41) is 0. The fourth-order valence-electron chi connectivity index (χ4n) is 1.17. The summed E-state index contributed by atoms with van der Waals surface area (Å²) in [5.74, 6) is 0.390. The second kappa shape index (κ2) is 7.40. The summed E-state index contributed by atoms with van der Waals surface area (Å²) in [6.45, 7) is 3.10. The number of Topliss-reactive ketones (excluding diaryl/α,β-unsaturated/α-hetero) is 1. The molecular weight excluding hydrogens is 192 g/mol. The molecule has 0 rings (SSSR count). The van der Waals surface area contributed by atoms with Crippen molar-refractivity contribution >= 4 is 11.7 Å². The van der Waals surface area contributed by atoms with E-state index in [1.54, 1.807) is 19.0 Å². The molecule has 15 heavy (non-hydrogen) atoms. The van der Waals surface area contributed by atoms with E-state index in [-0.39, 0.29) is 5.91 Å². The average molecular weight is 214 g/mol. The van der Waals surface area contributed by atoms with Crippen molar-refractivity contribution in [2.45, 2.75) is 26.2 Å². The highest BCUT2D eigenvalue weighted by molar-refractivity contribution is 5.78. The minimum absolute atomic E-state index is 0.0966. The van der Waals surface area contributed by atoms with Crippen LogP contribution in [0.25, 0.3) is 0 Å². The van der Waals surface area contributed by atoms with Crippen LogP contribution in [0, 0.1) is 0 Å². The predicted octanol–water partition coefficient (Wildman–Crippen LogP) is 0.766. The molecule has 1 amide bonds. The molecule has 0 atom stereocenters. The first-order valence-corrected chi connectivity index (χ1v) is 5.37. The summed E-state index contributed by atoms with van der Waals surface area (Å²) < 4.78 is 0. The summed E-state index contributed by atoms with van der Waals surface area (Å²) in [6, 6.07) is 0. The van der Waals surface area contributed by atoms with Gasteiger partial charge in [0, 0.05) is 26.9 Å². The highest BCUT2D eigenvalue weighted by atomic mass is 16.2. The fraction of sp³-hybridized carbons (Fsp3) is 0.818. The third-order valence-corrected chi connectivity index (χ3v) is 2.29. The Morgan fingerprint density at radius 3 is 2.20 bits per heavy atom. The minimum atomic E-state index is 0.0966. The van der Waals surface area contributed by atoms with Crippen LogP contribution in [0.1, 0.15) is 26.2 Å². The van der Waals surface area contributed by atoms with Crippen molar-refractivity contribution in [3.8, 4) is 0 Å². The van der Waals surface area contributed by atoms with Crippen LogP contribution in [-0.2, 0) is 9.59 Å². The molecule has 4 heteroatoms. The Bertz CT molecular complexity index is 215. The molecule has 4 nitrogen and oxygen atoms in total. The maximum Gasteiger partial charge on any atom is 0.236 e. The van der Waals surface area contributed by atoms with Crippen LogP contribution in [0.3, 0.4) is 0 Å². The van der Waals surface area contributed by atoms with Crippen LogP contribution >= 0.6 is 0 Å². The van der Waals surface area contributed by atoms with E-state index in [1.807, 2.05) is 18.9 Å². The number of hydrogen-bond donors (Lipinski definition) is 0. The number of likely N-dealkylation sites (N-methyl/N-ethyl adjacent to an activating group) is 2. The lowest BCUT2D eigenvalue weighted by molar-refractivity contribution is -0.129. The van der Waals surface area contributed by atoms with Crippen LogP contribution in [0.2, 0.25) is 0 Å². The Balaban J connectivity index is 3.62. The highest BCUT2D eigenvalue weighted by Crippen LogP contribution is 1.97. The first kappa shape index (κ1) is 14.1. The van der Waals surface area contributed by atoms with E-state index in [1.165, 1.54) is 0 Å². The van der Waals surface area contributed by atoms with Crippen molar-refractivity contribution in [3.63, 3.8) is 0 Å². The van der Waals surface area contributed by atoms with Gasteiger partial charge in [0.05, 0.1) is 6.54 Å². The van der Waals surface area contributed by atoms with E-state index in [0.717, 1.165) is 13.0 Å². The largest absolute Gasteiger partial charge is 0.348 e. The van der Waals surface area contributed by atoms with Crippen molar-refractivity contribution < 1.29 is 9.59 Å². The summed E-state index contributed by atoms with van der Waals surface area (Å²) in [4.78, 5) is 25.9. The van der Waals surface area contributed by atoms with Gasteiger partial charge in [0.15, 0.2) is 0 Å². The highest BCUT2D eigenvalue weighted by Gasteiger charge is 2.08. The number of ketones is 1. The molecule has 0 aromatic carbocycles. The molecule has 0 aliphatic heterocycles. The van der Waals surface area contributed by atoms with E-state index in [9.17, 15) is 9.59 Å². The molecule has 0 spiro atoms. The van der Waals surface area contributed by atoms with E-state index in [2.05, 4.69) is 0 Å². The molecule has 0 aromatic heterocycles. The molecule has 0 heterocycles. The van der Waals surface area contributed by atoms with Crippen LogP contribution in [0.5, 0.6) is 0 Å². The van der Waals surface area contributed by atoms with Gasteiger partial charge in [-0.2, -0.15) is 0 Å². The molecule has 0 fully saturated rings. The minimum Gasteiger partial charge on any atom is -0.348 e. The van der Waals surface area contributed by atoms with E-state index < -0.39 is 0 Å². The Hall–Kier alpha value is -0.900. The van der Waals surface area contributed by atoms with Gasteiger partial charge in [-0.1, -0.05) is 6.92 Å². The van der Waals surface area contributed by atoms with Gasteiger partial charge in [-0.05, 0) is 20.0 Å². The zero-order valence-electron chi connectivity index (χ0n) is 10.2. The van der Waals surface area contributed by atoms with Crippen LogP contribution in [-0.4, -0.2) is 55.7 Å². The second-order valence-corrected chi connectivity index (χ2v) is 4.02. The normalized spacial score (nSPS) is 10.5. The Labute approximate surface area is 92.2 Å². The first-order chi connectivity index (χ1) is 6.97. The van der Waals surface area contributed by atoms with Gasteiger partial charge in [0.25, 0.3) is 0 Å². The van der Waals surface area contributed by atoms with Gasteiger partial charge in [-0.25, -0.2) is 0 Å². The molecule has 0 radical (unpaired) electrons. The smallest absolute Gasteiger partial charge is 0.236 e. The summed E-state index contributed by atoms with van der Waals surface area (Å²) in [6.07, 6.45) is 2.07. The Morgan fingerprint density at radius 1 is 1.13 bits per heavy atom. The molecule has 0 saturated carbocycles. The van der Waals surface area contributed by atoms with E-state index in [4.69, 9.17) is 0 Å². The Morgan fingerprint density at radius 2 is 1.73 bits per heavy atom. The van der Waals surface area contributed by atoms with Gasteiger partial charge in [-0.15, -0.1) is 0 Å². The molecule has 0 saturated heterocycles. The number of carbonyl (C=O) groups excluding carboxylic acids is 2. The van der Waals surface area contributed by atoms with Gasteiger partial charge < -0.3 is 4.90 Å². The molecular formula is C11H22N2O2. The van der Waals surface area contributed by atoms with Gasteiger partial charge in [0.1, 0.15) is 5.78 Å². The standard InChI is InChI=1S/C11H22N2O2/c1-5-10(14)7-6-8-13(4)9-11(15)12(2)3/h5-9H2,1-4H3. The zero-order chi connectivity index (χ0) is 11.8. The number of amides is 1. The SMILES string of the molecule is CCC(=O)CCCN(C)CC(=O)N(C)C. The number of hydrogen-bond acceptors (Lipinski definition) is 3. The molecule has 0 aliphatic carbocycles. The number of carbonyl (C=O) groups is 2. The third kappa shape index (κ3) is 7.08. The molecule has 0 N–H and O–H groups in total. The molecule has 0 unspecified atom stereocenters. The van der Waals surface area contributed by atoms with Crippen molar-refractivity contribution in [3.05, 3.63) is 0 Å². The fourth-order valence-corrected chi connectivity index (χ4v) is 1.17. The van der Waals surface area contributed by atoms with Gasteiger partial charge in [0.2, 0.25) is 5.91 Å². The first-order valence-electron chi connectivity index (χ1n) is 5.37. The Kier molecular flexibility index (Phi) is 6.96. The van der Waals surface area contributed by atoms with Gasteiger partial charge in [-0.3, -0.25) is 14.5 Å². The zero-order valence-corrected chi connectivity index (χ0v) is 10.2. The van der Waals surface area contributed by atoms with E-state index in [0.29, 0.717) is 25.2 Å². The second-order valence-electron chi connectivity index (χ2n) is 4.02. The molecule has 88 valence electrons. The molecule has 0 aromatic rings. The summed E-state index contributed by atoms with van der Waals surface area (Å²) in [5.41, 5.74) is 0. The maximum atomic E-state index is 11.3. The lowest BCUT2D eigenvalue weighted by Crippen LogP contribution is -2.34. The van der Waals surface area contributed by atoms with E-state index >= 15 is 0 Å². The van der Waals surface area contributed by atoms with Crippen LogP contribution in [0.4, 0.5) is 0 Å². The number of rotatable bonds is 7. The lowest BCUT2D eigenvalue weighted by atomic mass is 10.2. The number of nitrogens with zero attached hydrogens (tertiary/aromatic N) is 2. The molecule has 0 bridgehead atoms. The molecule has 0 aliphatic rings. The van der Waals surface area contributed by atoms with Crippen molar-refractivity contribution in [2.24, 2.45) is 0 Å². The average Bonchev–Trinajstić information content (AvgIpc) is 2.17. The lowest BCUT2D eigenvalue weighted by Gasteiger charge is -2.18. The van der Waals surface area contributed by atoms with Crippen molar-refractivity contribution in [2.75, 3.05) is 34.2 Å². The summed E-state index contributed by atoms with van der Waals surface area (Å²) in [7, 11) is 5.39. The van der Waals surface area contributed by atoms with Gasteiger partial charge >= 0.3 is 0 Å². The van der Waals surface area contributed by atoms with Crippen LogP contribution in [0.15, 0.2) is 0 Å². The third-order valence-electron chi connectivity index (χ3n) is 2.29. The van der Waals surface area contributed by atoms with Crippen LogP contribution < -0.4 is 0 Å². The topological polar surface area (TPSA) is 40.6 Å². The summed E-state index contributed by atoms with van der Waals surface area (Å²) >= 11 is 0. The van der Waals surface area contributed by atoms with Crippen molar-refractivity contribution in [1.82, 2.24) is 9.80 Å². The van der Waals surface area contributed by atoms with Crippen molar-refractivity contribution in [1.29, 1.82) is 0 Å². The predicted molar refractivity (Wildman–Crippen MR) is 60.7 cm³/mol. The quantitative estimate of drug-likeness (QED) is 0.628.